The summed E-state index contributed by atoms with van der Waals surface area (Å²) >= 11 is 0. The maximum Gasteiger partial charge on any atom is 0.332 e. The lowest BCUT2D eigenvalue weighted by Gasteiger charge is -2.31. The molecule has 1 aromatic carbocycles. The Bertz CT molecular complexity index is 1230. The molecule has 2 saturated heterocycles. The van der Waals surface area contributed by atoms with E-state index >= 15 is 0 Å². The molecule has 0 atom stereocenters. The highest BCUT2D eigenvalue weighted by Gasteiger charge is 2.41. The molecule has 2 fully saturated rings. The maximum atomic E-state index is 14.6. The van der Waals surface area contributed by atoms with Crippen LogP contribution in [0.3, 0.4) is 0 Å². The van der Waals surface area contributed by atoms with E-state index in [0.29, 0.717) is 17.2 Å². The summed E-state index contributed by atoms with van der Waals surface area (Å²) in [6.07, 6.45) is 6.91. The fourth-order valence-corrected chi connectivity index (χ4v) is 4.98. The van der Waals surface area contributed by atoms with E-state index < -0.39 is 56.4 Å². The summed E-state index contributed by atoms with van der Waals surface area (Å²) < 4.78 is 66.5. The van der Waals surface area contributed by atoms with Gasteiger partial charge in [0.2, 0.25) is 0 Å². The Hall–Kier alpha value is -3.15. The summed E-state index contributed by atoms with van der Waals surface area (Å²) in [5.74, 6) is -6.25. The fourth-order valence-electron chi connectivity index (χ4n) is 4.15. The van der Waals surface area contributed by atoms with E-state index in [4.69, 9.17) is 0 Å². The van der Waals surface area contributed by atoms with E-state index in [0.717, 1.165) is 48.5 Å². The normalized spacial score (nSPS) is 17.3. The zero-order chi connectivity index (χ0) is 23.9. The predicted molar refractivity (Wildman–Crippen MR) is 113 cm³/mol. The number of piperidine rings is 1. The van der Waals surface area contributed by atoms with Crippen molar-refractivity contribution >= 4 is 33.2 Å². The molecule has 8 nitrogen and oxygen atoms in total. The number of urea groups is 1. The van der Waals surface area contributed by atoms with Crippen molar-refractivity contribution in [1.29, 1.82) is 0 Å². The molecule has 0 aliphatic carbocycles. The van der Waals surface area contributed by atoms with Gasteiger partial charge in [0, 0.05) is 31.6 Å². The number of imide groups is 1. The van der Waals surface area contributed by atoms with Crippen molar-refractivity contribution in [2.75, 3.05) is 35.7 Å². The van der Waals surface area contributed by atoms with Crippen molar-refractivity contribution in [2.24, 2.45) is 0 Å². The number of benzene rings is 1. The van der Waals surface area contributed by atoms with E-state index in [-0.39, 0.29) is 6.54 Å². The van der Waals surface area contributed by atoms with E-state index in [9.17, 15) is 31.2 Å². The standard InChI is InChI=1S/C21H21F3N4O4S/c1-33(31,32)20-14(22)9-15(18(23)19(20)24)28-17(29)12-27(21(28)30)11-13-5-6-25-10-16(13)26-7-3-2-4-8-26/h5-6,9-10H,2-4,7-8,11-12H2,1H3. The first kappa shape index (κ1) is 23.0. The third-order valence-electron chi connectivity index (χ3n) is 5.69. The smallest absolute Gasteiger partial charge is 0.332 e. The Morgan fingerprint density at radius 1 is 1.03 bits per heavy atom. The summed E-state index contributed by atoms with van der Waals surface area (Å²) in [6.45, 7) is 1.23. The van der Waals surface area contributed by atoms with Crippen molar-refractivity contribution in [3.63, 3.8) is 0 Å². The molecule has 0 saturated carbocycles. The van der Waals surface area contributed by atoms with E-state index in [1.807, 2.05) is 0 Å². The lowest BCUT2D eigenvalue weighted by molar-refractivity contribution is -0.116. The molecule has 0 N–H and O–H groups in total. The van der Waals surface area contributed by atoms with E-state index in [1.54, 1.807) is 18.5 Å². The number of sulfone groups is 1. The van der Waals surface area contributed by atoms with Crippen molar-refractivity contribution < 1.29 is 31.2 Å². The highest BCUT2D eigenvalue weighted by atomic mass is 32.2. The number of anilines is 2. The Labute approximate surface area is 188 Å². The minimum absolute atomic E-state index is 0.00341. The molecule has 2 aromatic rings. The number of pyridine rings is 1. The first-order valence-electron chi connectivity index (χ1n) is 10.3. The van der Waals surface area contributed by atoms with Gasteiger partial charge >= 0.3 is 6.03 Å². The quantitative estimate of drug-likeness (QED) is 0.481. The lowest BCUT2D eigenvalue weighted by Crippen LogP contribution is -2.35. The van der Waals surface area contributed by atoms with E-state index in [2.05, 4.69) is 9.88 Å². The summed E-state index contributed by atoms with van der Waals surface area (Å²) in [7, 11) is -4.42. The van der Waals surface area contributed by atoms with Gasteiger partial charge in [-0.05, 0) is 30.9 Å². The van der Waals surface area contributed by atoms with Crippen molar-refractivity contribution in [1.82, 2.24) is 9.88 Å². The van der Waals surface area contributed by atoms with Crippen LogP contribution in [0.15, 0.2) is 29.4 Å². The largest absolute Gasteiger partial charge is 0.370 e. The minimum atomic E-state index is -4.42. The topological polar surface area (TPSA) is 90.9 Å². The Balaban J connectivity index is 1.64. The van der Waals surface area contributed by atoms with Crippen LogP contribution in [0, 0.1) is 17.5 Å². The first-order chi connectivity index (χ1) is 15.6. The average molecular weight is 482 g/mol. The number of carbonyl (C=O) groups excluding carboxylic acids is 2. The predicted octanol–water partition coefficient (Wildman–Crippen LogP) is 2.86. The van der Waals surface area contributed by atoms with Crippen LogP contribution in [0.1, 0.15) is 24.8 Å². The molecule has 3 heterocycles. The van der Waals surface area contributed by atoms with Gasteiger partial charge in [0.25, 0.3) is 5.91 Å². The van der Waals surface area contributed by atoms with E-state index in [1.165, 1.54) is 0 Å². The number of hydrogen-bond acceptors (Lipinski definition) is 6. The summed E-state index contributed by atoms with van der Waals surface area (Å²) in [6, 6.07) is 1.09. The average Bonchev–Trinajstić information content (AvgIpc) is 3.03. The minimum Gasteiger partial charge on any atom is -0.370 e. The number of carbonyl (C=O) groups is 2. The van der Waals surface area contributed by atoms with Crippen LogP contribution in [0.25, 0.3) is 0 Å². The van der Waals surface area contributed by atoms with Gasteiger partial charge in [0.05, 0.1) is 24.1 Å². The van der Waals surface area contributed by atoms with Crippen molar-refractivity contribution in [2.45, 2.75) is 30.7 Å². The molecular weight excluding hydrogens is 461 g/mol. The first-order valence-corrected chi connectivity index (χ1v) is 12.2. The molecule has 0 spiro atoms. The van der Waals surface area contributed by atoms with Crippen LogP contribution in [-0.2, 0) is 21.2 Å². The number of rotatable bonds is 5. The molecule has 176 valence electrons. The van der Waals surface area contributed by atoms with Gasteiger partial charge in [-0.3, -0.25) is 9.78 Å². The van der Waals surface area contributed by atoms with Crippen LogP contribution < -0.4 is 9.80 Å². The molecule has 0 radical (unpaired) electrons. The third-order valence-corrected chi connectivity index (χ3v) is 6.81. The second kappa shape index (κ2) is 8.65. The van der Waals surface area contributed by atoms with Crippen LogP contribution in [-0.4, -0.2) is 56.1 Å². The fraction of sp³-hybridized carbons (Fsp3) is 0.381. The van der Waals surface area contributed by atoms with Gasteiger partial charge < -0.3 is 9.80 Å². The molecule has 3 amide bonds. The molecule has 0 bridgehead atoms. The number of amides is 3. The van der Waals surface area contributed by atoms with Crippen LogP contribution in [0.2, 0.25) is 0 Å². The molecule has 12 heteroatoms. The number of halogens is 3. The molecular formula is C21H21F3N4O4S. The van der Waals surface area contributed by atoms with Gasteiger partial charge in [-0.15, -0.1) is 0 Å². The lowest BCUT2D eigenvalue weighted by atomic mass is 10.1. The number of hydrogen-bond donors (Lipinski definition) is 0. The third kappa shape index (κ3) is 4.26. The zero-order valence-electron chi connectivity index (χ0n) is 17.7. The number of nitrogens with zero attached hydrogens (tertiary/aromatic N) is 4. The molecule has 4 rings (SSSR count). The summed E-state index contributed by atoms with van der Waals surface area (Å²) in [5, 5.41) is 0. The van der Waals surface area contributed by atoms with Crippen LogP contribution in [0.4, 0.5) is 29.3 Å². The molecule has 2 aliphatic rings. The SMILES string of the molecule is CS(=O)(=O)c1c(F)cc(N2C(=O)CN(Cc3ccncc3N3CCCCC3)C2=O)c(F)c1F. The second-order valence-corrected chi connectivity index (χ2v) is 9.98. The van der Waals surface area contributed by atoms with Gasteiger partial charge in [0.15, 0.2) is 21.5 Å². The Morgan fingerprint density at radius 3 is 2.39 bits per heavy atom. The molecule has 1 aromatic heterocycles. The Kier molecular flexibility index (Phi) is 6.04. The van der Waals surface area contributed by atoms with Crippen molar-refractivity contribution in [3.05, 3.63) is 47.5 Å². The zero-order valence-corrected chi connectivity index (χ0v) is 18.5. The maximum absolute atomic E-state index is 14.6. The van der Waals surface area contributed by atoms with Crippen molar-refractivity contribution in [3.8, 4) is 0 Å². The van der Waals surface area contributed by atoms with Gasteiger partial charge in [0.1, 0.15) is 17.3 Å². The summed E-state index contributed by atoms with van der Waals surface area (Å²) in [5.41, 5.74) is 0.567. The van der Waals surface area contributed by atoms with Gasteiger partial charge in [-0.25, -0.2) is 31.3 Å². The van der Waals surface area contributed by atoms with Gasteiger partial charge in [-0.2, -0.15) is 0 Å². The van der Waals surface area contributed by atoms with Crippen LogP contribution in [0.5, 0.6) is 0 Å². The number of aromatic nitrogens is 1. The summed E-state index contributed by atoms with van der Waals surface area (Å²) in [4.78, 5) is 31.8. The van der Waals surface area contributed by atoms with Gasteiger partial charge in [-0.1, -0.05) is 0 Å². The molecule has 33 heavy (non-hydrogen) atoms. The highest BCUT2D eigenvalue weighted by molar-refractivity contribution is 7.90. The van der Waals surface area contributed by atoms with Crippen LogP contribution >= 0.6 is 0 Å². The molecule has 0 unspecified atom stereocenters. The molecule has 2 aliphatic heterocycles. The highest BCUT2D eigenvalue weighted by Crippen LogP contribution is 2.33. The second-order valence-electron chi connectivity index (χ2n) is 8.03. The Morgan fingerprint density at radius 2 is 1.73 bits per heavy atom. The monoisotopic (exact) mass is 482 g/mol.